The van der Waals surface area contributed by atoms with Gasteiger partial charge < -0.3 is 5.11 Å². The zero-order valence-electron chi connectivity index (χ0n) is 9.34. The number of aromatic hydroxyl groups is 1. The number of sulfonamides is 1. The van der Waals surface area contributed by atoms with Gasteiger partial charge in [-0.05, 0) is 30.7 Å². The van der Waals surface area contributed by atoms with Crippen molar-refractivity contribution in [1.29, 1.82) is 0 Å². The minimum absolute atomic E-state index is 0.119. The van der Waals surface area contributed by atoms with E-state index in [0.29, 0.717) is 9.90 Å². The molecule has 0 fully saturated rings. The zero-order valence-corrected chi connectivity index (χ0v) is 11.7. The van der Waals surface area contributed by atoms with E-state index in [-0.39, 0.29) is 15.6 Å². The van der Waals surface area contributed by atoms with E-state index in [4.69, 9.17) is 11.6 Å². The lowest BCUT2D eigenvalue weighted by atomic mass is 10.3. The van der Waals surface area contributed by atoms with Crippen LogP contribution in [0.15, 0.2) is 34.5 Å². The van der Waals surface area contributed by atoms with E-state index < -0.39 is 10.0 Å². The molecule has 1 heterocycles. The molecule has 1 aromatic heterocycles. The van der Waals surface area contributed by atoms with Crippen molar-refractivity contribution in [2.75, 3.05) is 4.72 Å². The van der Waals surface area contributed by atoms with Crippen LogP contribution in [0.2, 0.25) is 4.34 Å². The maximum atomic E-state index is 12.0. The lowest BCUT2D eigenvalue weighted by molar-refractivity contribution is 0.477. The molecule has 0 aliphatic rings. The van der Waals surface area contributed by atoms with Gasteiger partial charge in [0, 0.05) is 0 Å². The molecule has 2 rings (SSSR count). The number of nitrogens with one attached hydrogen (secondary N) is 1. The number of rotatable bonds is 3. The lowest BCUT2D eigenvalue weighted by Gasteiger charge is -2.07. The Morgan fingerprint density at radius 2 is 2.00 bits per heavy atom. The molecule has 0 amide bonds. The van der Waals surface area contributed by atoms with Crippen molar-refractivity contribution >= 4 is 38.6 Å². The summed E-state index contributed by atoms with van der Waals surface area (Å²) in [5.74, 6) is -0.125. The lowest BCUT2D eigenvalue weighted by Crippen LogP contribution is -2.11. The number of aryl methyl sites for hydroxylation is 1. The summed E-state index contributed by atoms with van der Waals surface area (Å²) in [6, 6.07) is 7.62. The molecule has 1 aromatic carbocycles. The maximum Gasteiger partial charge on any atom is 0.271 e. The second-order valence-electron chi connectivity index (χ2n) is 3.64. The summed E-state index contributed by atoms with van der Waals surface area (Å²) in [7, 11) is -3.71. The third kappa shape index (κ3) is 2.60. The Kier molecular flexibility index (Phi) is 3.52. The van der Waals surface area contributed by atoms with Crippen molar-refractivity contribution in [3.63, 3.8) is 0 Å². The Morgan fingerprint density at radius 1 is 1.33 bits per heavy atom. The molecule has 0 bridgehead atoms. The van der Waals surface area contributed by atoms with Crippen molar-refractivity contribution < 1.29 is 13.5 Å². The fourth-order valence-electron chi connectivity index (χ4n) is 1.32. The van der Waals surface area contributed by atoms with Gasteiger partial charge in [0.05, 0.1) is 10.0 Å². The van der Waals surface area contributed by atoms with Crippen molar-refractivity contribution in [2.24, 2.45) is 0 Å². The molecular formula is C11H10ClNO3S2. The van der Waals surface area contributed by atoms with Crippen molar-refractivity contribution in [3.05, 3.63) is 40.2 Å². The fraction of sp³-hybridized carbons (Fsp3) is 0.0909. The number of para-hydroxylation sites is 2. The molecule has 7 heteroatoms. The van der Waals surface area contributed by atoms with Crippen LogP contribution in [0.1, 0.15) is 5.56 Å². The van der Waals surface area contributed by atoms with Crippen LogP contribution in [0.3, 0.4) is 0 Å². The van der Waals surface area contributed by atoms with Crippen LogP contribution in [0.5, 0.6) is 5.75 Å². The summed E-state index contributed by atoms with van der Waals surface area (Å²) in [6.45, 7) is 1.73. The van der Waals surface area contributed by atoms with Gasteiger partial charge in [-0.25, -0.2) is 8.42 Å². The fourth-order valence-corrected chi connectivity index (χ4v) is 4.10. The van der Waals surface area contributed by atoms with Gasteiger partial charge in [-0.1, -0.05) is 23.7 Å². The van der Waals surface area contributed by atoms with Crippen LogP contribution in [0, 0.1) is 6.92 Å². The molecule has 0 spiro atoms. The molecule has 18 heavy (non-hydrogen) atoms. The predicted octanol–water partition coefficient (Wildman–Crippen LogP) is 3.22. The standard InChI is InChI=1S/C11H10ClNO3S2/c1-7-6-10(17-11(7)12)18(15,16)13-8-4-2-3-5-9(8)14/h2-6,13-14H,1H3. The highest BCUT2D eigenvalue weighted by Crippen LogP contribution is 2.32. The highest BCUT2D eigenvalue weighted by molar-refractivity contribution is 7.94. The number of hydrogen-bond acceptors (Lipinski definition) is 4. The van der Waals surface area contributed by atoms with Crippen molar-refractivity contribution in [3.8, 4) is 5.75 Å². The summed E-state index contributed by atoms with van der Waals surface area (Å²) in [5.41, 5.74) is 0.846. The molecule has 0 radical (unpaired) electrons. The molecule has 2 N–H and O–H groups in total. The van der Waals surface area contributed by atoms with Gasteiger partial charge in [-0.2, -0.15) is 0 Å². The minimum Gasteiger partial charge on any atom is -0.506 e. The van der Waals surface area contributed by atoms with Gasteiger partial charge in [-0.3, -0.25) is 4.72 Å². The summed E-state index contributed by atoms with van der Waals surface area (Å²) >= 11 is 6.83. The summed E-state index contributed by atoms with van der Waals surface area (Å²) in [5, 5.41) is 9.53. The third-order valence-corrected chi connectivity index (χ3v) is 5.64. The zero-order chi connectivity index (χ0) is 13.3. The summed E-state index contributed by atoms with van der Waals surface area (Å²) in [4.78, 5) is 0. The predicted molar refractivity (Wildman–Crippen MR) is 73.0 cm³/mol. The Bertz CT molecular complexity index is 660. The molecule has 0 aliphatic carbocycles. The van der Waals surface area contributed by atoms with E-state index in [1.54, 1.807) is 19.1 Å². The monoisotopic (exact) mass is 303 g/mol. The van der Waals surface area contributed by atoms with E-state index >= 15 is 0 Å². The molecule has 0 saturated carbocycles. The normalized spacial score (nSPS) is 11.4. The quantitative estimate of drug-likeness (QED) is 0.856. The van der Waals surface area contributed by atoms with E-state index in [9.17, 15) is 13.5 Å². The molecule has 4 nitrogen and oxygen atoms in total. The number of phenolic OH excluding ortho intramolecular Hbond substituents is 1. The highest BCUT2D eigenvalue weighted by Gasteiger charge is 2.19. The largest absolute Gasteiger partial charge is 0.506 e. The molecule has 0 atom stereocenters. The van der Waals surface area contributed by atoms with E-state index in [2.05, 4.69) is 4.72 Å². The molecular weight excluding hydrogens is 294 g/mol. The Balaban J connectivity index is 2.36. The third-order valence-electron chi connectivity index (χ3n) is 2.25. The van der Waals surface area contributed by atoms with Gasteiger partial charge in [0.1, 0.15) is 9.96 Å². The van der Waals surface area contributed by atoms with Crippen molar-refractivity contribution in [1.82, 2.24) is 0 Å². The number of halogens is 1. The first-order chi connectivity index (χ1) is 8.40. The average Bonchev–Trinajstić information content (AvgIpc) is 2.63. The van der Waals surface area contributed by atoms with Gasteiger partial charge in [0.2, 0.25) is 0 Å². The number of phenols is 1. The van der Waals surface area contributed by atoms with E-state index in [0.717, 1.165) is 11.3 Å². The smallest absolute Gasteiger partial charge is 0.271 e. The minimum atomic E-state index is -3.71. The van der Waals surface area contributed by atoms with Crippen LogP contribution in [0.25, 0.3) is 0 Å². The van der Waals surface area contributed by atoms with E-state index in [1.165, 1.54) is 18.2 Å². The summed E-state index contributed by atoms with van der Waals surface area (Å²) < 4.78 is 27.0. The molecule has 0 saturated heterocycles. The van der Waals surface area contributed by atoms with Crippen LogP contribution in [-0.2, 0) is 10.0 Å². The van der Waals surface area contributed by atoms with Crippen molar-refractivity contribution in [2.45, 2.75) is 11.1 Å². The van der Waals surface area contributed by atoms with Crippen LogP contribution < -0.4 is 4.72 Å². The van der Waals surface area contributed by atoms with Crippen LogP contribution in [-0.4, -0.2) is 13.5 Å². The van der Waals surface area contributed by atoms with Crippen LogP contribution >= 0.6 is 22.9 Å². The number of benzene rings is 1. The first-order valence-corrected chi connectivity index (χ1v) is 7.64. The first-order valence-electron chi connectivity index (χ1n) is 4.97. The van der Waals surface area contributed by atoms with Crippen LogP contribution in [0.4, 0.5) is 5.69 Å². The topological polar surface area (TPSA) is 66.4 Å². The first kappa shape index (κ1) is 13.2. The SMILES string of the molecule is Cc1cc(S(=O)(=O)Nc2ccccc2O)sc1Cl. The molecule has 2 aromatic rings. The second kappa shape index (κ2) is 4.79. The van der Waals surface area contributed by atoms with Gasteiger partial charge in [-0.15, -0.1) is 11.3 Å². The second-order valence-corrected chi connectivity index (χ2v) is 7.21. The van der Waals surface area contributed by atoms with Gasteiger partial charge in [0.15, 0.2) is 0 Å². The number of anilines is 1. The summed E-state index contributed by atoms with van der Waals surface area (Å²) in [6.07, 6.45) is 0. The van der Waals surface area contributed by atoms with Gasteiger partial charge >= 0.3 is 0 Å². The van der Waals surface area contributed by atoms with Gasteiger partial charge in [0.25, 0.3) is 10.0 Å². The average molecular weight is 304 g/mol. The molecule has 0 unspecified atom stereocenters. The highest BCUT2D eigenvalue weighted by atomic mass is 35.5. The Labute approximate surface area is 114 Å². The Morgan fingerprint density at radius 3 is 2.56 bits per heavy atom. The number of hydrogen-bond donors (Lipinski definition) is 2. The Hall–Kier alpha value is -1.24. The molecule has 96 valence electrons. The van der Waals surface area contributed by atoms with E-state index in [1.807, 2.05) is 0 Å². The number of thiophene rings is 1. The maximum absolute atomic E-state index is 12.0. The molecule has 0 aliphatic heterocycles.